The second-order valence-electron chi connectivity index (χ2n) is 10.9. The minimum absolute atomic E-state index is 0.188. The number of hydrogen-bond acceptors (Lipinski definition) is 7. The topological polar surface area (TPSA) is 77.5 Å². The number of benzene rings is 3. The minimum atomic E-state index is -0.513. The maximum absolute atomic E-state index is 12.2. The number of hydrogen-bond donors (Lipinski definition) is 1. The molecule has 0 aliphatic carbocycles. The molecule has 5 rings (SSSR count). The van der Waals surface area contributed by atoms with Crippen LogP contribution < -0.4 is 14.2 Å². The largest absolute Gasteiger partial charge is 0.507 e. The van der Waals surface area contributed by atoms with Gasteiger partial charge in [-0.3, -0.25) is 9.69 Å². The fourth-order valence-corrected chi connectivity index (χ4v) is 4.97. The predicted octanol–water partition coefficient (Wildman–Crippen LogP) is 5.42. The number of rotatable bonds is 6. The third-order valence-electron chi connectivity index (χ3n) is 6.84. The van der Waals surface area contributed by atoms with E-state index in [2.05, 4.69) is 19.1 Å². The van der Waals surface area contributed by atoms with Crippen molar-refractivity contribution in [3.8, 4) is 34.1 Å². The van der Waals surface area contributed by atoms with Gasteiger partial charge in [0.2, 0.25) is 0 Å². The molecular weight excluding hydrogens is 482 g/mol. The minimum Gasteiger partial charge on any atom is -0.507 e. The Morgan fingerprint density at radius 3 is 2.63 bits per heavy atom. The van der Waals surface area contributed by atoms with Crippen LogP contribution in [0.15, 0.2) is 48.5 Å². The van der Waals surface area contributed by atoms with Crippen LogP contribution in [0.25, 0.3) is 11.1 Å². The summed E-state index contributed by atoms with van der Waals surface area (Å²) in [6.07, 6.45) is 0.724. The molecule has 200 valence electrons. The normalized spacial score (nSPS) is 15.1. The highest BCUT2D eigenvalue weighted by molar-refractivity contribution is 5.72. The third-order valence-corrected chi connectivity index (χ3v) is 6.84. The second-order valence-corrected chi connectivity index (χ2v) is 10.9. The van der Waals surface area contributed by atoms with Gasteiger partial charge in [-0.15, -0.1) is 0 Å². The van der Waals surface area contributed by atoms with Crippen molar-refractivity contribution in [2.24, 2.45) is 0 Å². The Bertz CT molecular complexity index is 1340. The maximum atomic E-state index is 12.2. The standard InChI is InChI=1S/C31H35NO6/c1-20-23(6-5-7-25(20)21-8-9-28-29(15-21)36-13-12-35-28)19-37-24-14-22-10-11-32(17-26(22)27(33)16-24)18-30(34)38-31(2,3)4/h5-9,14-16,33H,10-13,17-19H2,1-4H3. The van der Waals surface area contributed by atoms with Gasteiger partial charge in [0.25, 0.3) is 0 Å². The highest BCUT2D eigenvalue weighted by atomic mass is 16.6. The van der Waals surface area contributed by atoms with E-state index in [1.807, 2.05) is 56.0 Å². The van der Waals surface area contributed by atoms with Crippen LogP contribution in [0.1, 0.15) is 43.0 Å². The van der Waals surface area contributed by atoms with Gasteiger partial charge in [-0.05, 0) is 80.1 Å². The number of phenols is 1. The van der Waals surface area contributed by atoms with Gasteiger partial charge in [-0.2, -0.15) is 0 Å². The molecule has 0 atom stereocenters. The number of fused-ring (bicyclic) bond motifs is 2. The molecule has 3 aromatic rings. The van der Waals surface area contributed by atoms with Gasteiger partial charge in [-0.1, -0.05) is 24.3 Å². The smallest absolute Gasteiger partial charge is 0.320 e. The molecule has 0 saturated carbocycles. The van der Waals surface area contributed by atoms with Crippen molar-refractivity contribution in [1.29, 1.82) is 0 Å². The van der Waals surface area contributed by atoms with E-state index in [1.54, 1.807) is 6.07 Å². The summed E-state index contributed by atoms with van der Waals surface area (Å²) in [7, 11) is 0. The average molecular weight is 518 g/mol. The van der Waals surface area contributed by atoms with Crippen LogP contribution in [0, 0.1) is 6.92 Å². The Kier molecular flexibility index (Phi) is 7.21. The van der Waals surface area contributed by atoms with Gasteiger partial charge < -0.3 is 24.1 Å². The van der Waals surface area contributed by atoms with Crippen molar-refractivity contribution in [2.45, 2.75) is 52.9 Å². The van der Waals surface area contributed by atoms with Gasteiger partial charge in [-0.25, -0.2) is 0 Å². The number of ether oxygens (including phenoxy) is 4. The van der Waals surface area contributed by atoms with Crippen LogP contribution in [-0.2, 0) is 29.1 Å². The lowest BCUT2D eigenvalue weighted by molar-refractivity contribution is -0.156. The van der Waals surface area contributed by atoms with Crippen LogP contribution in [0.4, 0.5) is 0 Å². The molecule has 1 N–H and O–H groups in total. The number of carbonyl (C=O) groups excluding carboxylic acids is 1. The molecule has 2 aliphatic heterocycles. The van der Waals surface area contributed by atoms with E-state index in [9.17, 15) is 9.90 Å². The molecule has 0 bridgehead atoms. The van der Waals surface area contributed by atoms with Gasteiger partial charge in [0.15, 0.2) is 11.5 Å². The number of nitrogens with zero attached hydrogens (tertiary/aromatic N) is 1. The van der Waals surface area contributed by atoms with E-state index in [1.165, 1.54) is 0 Å². The van der Waals surface area contributed by atoms with Crippen LogP contribution in [0.5, 0.6) is 23.0 Å². The van der Waals surface area contributed by atoms with E-state index < -0.39 is 5.60 Å². The fourth-order valence-electron chi connectivity index (χ4n) is 4.97. The molecule has 0 spiro atoms. The summed E-state index contributed by atoms with van der Waals surface area (Å²) in [5, 5.41) is 10.8. The Hall–Kier alpha value is -3.71. The van der Waals surface area contributed by atoms with Gasteiger partial charge in [0.05, 0.1) is 6.54 Å². The van der Waals surface area contributed by atoms with Crippen LogP contribution in [0.3, 0.4) is 0 Å². The predicted molar refractivity (Wildman–Crippen MR) is 145 cm³/mol. The summed E-state index contributed by atoms with van der Waals surface area (Å²) >= 11 is 0. The van der Waals surface area contributed by atoms with Gasteiger partial charge in [0, 0.05) is 24.7 Å². The van der Waals surface area contributed by atoms with Crippen molar-refractivity contribution in [3.05, 3.63) is 70.8 Å². The zero-order valence-electron chi connectivity index (χ0n) is 22.5. The molecule has 0 radical (unpaired) electrons. The van der Waals surface area contributed by atoms with Crippen LogP contribution in [0.2, 0.25) is 0 Å². The number of carbonyl (C=O) groups is 1. The first-order valence-electron chi connectivity index (χ1n) is 13.1. The summed E-state index contributed by atoms with van der Waals surface area (Å²) in [4.78, 5) is 14.2. The van der Waals surface area contributed by atoms with Gasteiger partial charge in [0.1, 0.15) is 36.9 Å². The summed E-state index contributed by atoms with van der Waals surface area (Å²) in [6.45, 7) is 10.6. The Balaban J connectivity index is 1.26. The Morgan fingerprint density at radius 2 is 1.84 bits per heavy atom. The van der Waals surface area contributed by atoms with Crippen molar-refractivity contribution >= 4 is 5.97 Å². The highest BCUT2D eigenvalue weighted by Crippen LogP contribution is 2.37. The zero-order chi connectivity index (χ0) is 26.9. The molecule has 0 aromatic heterocycles. The molecule has 0 amide bonds. The van der Waals surface area contributed by atoms with Crippen molar-refractivity contribution in [2.75, 3.05) is 26.3 Å². The summed E-state index contributed by atoms with van der Waals surface area (Å²) in [6, 6.07) is 15.9. The molecule has 0 fully saturated rings. The monoisotopic (exact) mass is 517 g/mol. The van der Waals surface area contributed by atoms with Gasteiger partial charge >= 0.3 is 5.97 Å². The van der Waals surface area contributed by atoms with E-state index >= 15 is 0 Å². The molecule has 2 aliphatic rings. The van der Waals surface area contributed by atoms with Crippen LogP contribution >= 0.6 is 0 Å². The molecule has 38 heavy (non-hydrogen) atoms. The molecular formula is C31H35NO6. The fraction of sp³-hybridized carbons (Fsp3) is 0.387. The number of esters is 1. The SMILES string of the molecule is Cc1c(COc2cc(O)c3c(c2)CCN(CC(=O)OC(C)(C)C)C3)cccc1-c1ccc2c(c1)OCCO2. The lowest BCUT2D eigenvalue weighted by Gasteiger charge is -2.30. The van der Waals surface area contributed by atoms with Crippen molar-refractivity contribution in [1.82, 2.24) is 4.90 Å². The molecule has 0 saturated heterocycles. The molecule has 2 heterocycles. The highest BCUT2D eigenvalue weighted by Gasteiger charge is 2.24. The zero-order valence-corrected chi connectivity index (χ0v) is 22.5. The lowest BCUT2D eigenvalue weighted by atomic mass is 9.96. The number of phenolic OH excluding ortho intramolecular Hbond substituents is 1. The first-order valence-corrected chi connectivity index (χ1v) is 13.1. The van der Waals surface area contributed by atoms with E-state index in [-0.39, 0.29) is 18.3 Å². The van der Waals surface area contributed by atoms with E-state index in [4.69, 9.17) is 18.9 Å². The summed E-state index contributed by atoms with van der Waals surface area (Å²) in [5.74, 6) is 2.11. The molecule has 7 nitrogen and oxygen atoms in total. The first-order chi connectivity index (χ1) is 18.2. The number of aromatic hydroxyl groups is 1. The molecule has 3 aromatic carbocycles. The Labute approximate surface area is 223 Å². The van der Waals surface area contributed by atoms with Crippen LogP contribution in [-0.4, -0.2) is 47.9 Å². The third kappa shape index (κ3) is 5.89. The summed E-state index contributed by atoms with van der Waals surface area (Å²) in [5.41, 5.74) is 5.74. The molecule has 0 unspecified atom stereocenters. The van der Waals surface area contributed by atoms with E-state index in [0.29, 0.717) is 38.7 Å². The lowest BCUT2D eigenvalue weighted by Crippen LogP contribution is -2.38. The molecule has 7 heteroatoms. The average Bonchev–Trinajstić information content (AvgIpc) is 2.87. The summed E-state index contributed by atoms with van der Waals surface area (Å²) < 4.78 is 23.0. The van der Waals surface area contributed by atoms with Crippen molar-refractivity contribution < 1.29 is 28.8 Å². The maximum Gasteiger partial charge on any atom is 0.320 e. The quantitative estimate of drug-likeness (QED) is 0.438. The second kappa shape index (κ2) is 10.6. The van der Waals surface area contributed by atoms with E-state index in [0.717, 1.165) is 51.3 Å². The Morgan fingerprint density at radius 1 is 1.05 bits per heavy atom. The van der Waals surface area contributed by atoms with Crippen molar-refractivity contribution in [3.63, 3.8) is 0 Å². The first kappa shape index (κ1) is 25.9.